The number of benzene rings is 2. The van der Waals surface area contributed by atoms with Crippen LogP contribution in [0.2, 0.25) is 5.02 Å². The van der Waals surface area contributed by atoms with Crippen LogP contribution in [0.3, 0.4) is 0 Å². The summed E-state index contributed by atoms with van der Waals surface area (Å²) in [6, 6.07) is 15.7. The molecule has 1 aromatic heterocycles. The molecule has 0 aliphatic carbocycles. The summed E-state index contributed by atoms with van der Waals surface area (Å²) in [6.07, 6.45) is 1.71. The van der Waals surface area contributed by atoms with Crippen molar-refractivity contribution in [2.45, 2.75) is 13.8 Å². The van der Waals surface area contributed by atoms with Crippen LogP contribution in [-0.2, 0) is 9.53 Å². The van der Waals surface area contributed by atoms with E-state index < -0.39 is 5.97 Å². The number of imide groups is 1. The summed E-state index contributed by atoms with van der Waals surface area (Å²) < 4.78 is 6.72. The second kappa shape index (κ2) is 8.68. The quantitative estimate of drug-likeness (QED) is 0.360. The fourth-order valence-corrected chi connectivity index (χ4v) is 4.68. The first-order valence-corrected chi connectivity index (χ1v) is 10.9. The highest BCUT2D eigenvalue weighted by atomic mass is 35.5. The number of carbonyl (C=O) groups excluding carboxylic acids is 3. The largest absolute Gasteiger partial charge is 0.465 e. The van der Waals surface area contributed by atoms with Crippen LogP contribution in [0.25, 0.3) is 11.8 Å². The molecule has 0 N–H and O–H groups in total. The van der Waals surface area contributed by atoms with E-state index in [1.807, 2.05) is 30.5 Å². The average molecular weight is 467 g/mol. The van der Waals surface area contributed by atoms with E-state index >= 15 is 0 Å². The van der Waals surface area contributed by atoms with E-state index in [0.717, 1.165) is 28.7 Å². The molecule has 3 aromatic rings. The van der Waals surface area contributed by atoms with Gasteiger partial charge in [-0.25, -0.2) is 9.69 Å². The molecule has 1 fully saturated rings. The average Bonchev–Trinajstić information content (AvgIpc) is 3.22. The molecule has 0 atom stereocenters. The van der Waals surface area contributed by atoms with Gasteiger partial charge in [-0.1, -0.05) is 29.8 Å². The minimum Gasteiger partial charge on any atom is -0.465 e. The van der Waals surface area contributed by atoms with Crippen molar-refractivity contribution in [3.63, 3.8) is 0 Å². The molecule has 2 heterocycles. The topological polar surface area (TPSA) is 68.6 Å². The Kier molecular flexibility index (Phi) is 5.95. The van der Waals surface area contributed by atoms with Crippen molar-refractivity contribution in [2.24, 2.45) is 0 Å². The predicted octanol–water partition coefficient (Wildman–Crippen LogP) is 5.78. The third kappa shape index (κ3) is 3.85. The Balaban J connectivity index is 1.74. The van der Waals surface area contributed by atoms with Crippen molar-refractivity contribution in [1.29, 1.82) is 0 Å². The lowest BCUT2D eigenvalue weighted by Gasteiger charge is -2.13. The lowest BCUT2D eigenvalue weighted by atomic mass is 10.2. The van der Waals surface area contributed by atoms with Crippen LogP contribution in [0.15, 0.2) is 59.5 Å². The van der Waals surface area contributed by atoms with Gasteiger partial charge in [-0.3, -0.25) is 9.59 Å². The van der Waals surface area contributed by atoms with Crippen LogP contribution in [0.5, 0.6) is 0 Å². The van der Waals surface area contributed by atoms with E-state index in [0.29, 0.717) is 26.9 Å². The molecule has 1 aliphatic rings. The highest BCUT2D eigenvalue weighted by molar-refractivity contribution is 8.19. The summed E-state index contributed by atoms with van der Waals surface area (Å²) in [6.45, 7) is 3.79. The minimum atomic E-state index is -0.458. The second-order valence-electron chi connectivity index (χ2n) is 7.17. The molecule has 0 saturated carbocycles. The third-order valence-electron chi connectivity index (χ3n) is 5.17. The molecule has 0 bridgehead atoms. The number of hydrogen-bond donors (Lipinski definition) is 0. The molecule has 0 radical (unpaired) electrons. The third-order valence-corrected chi connectivity index (χ3v) is 6.36. The number of hydrogen-bond acceptors (Lipinski definition) is 5. The zero-order valence-corrected chi connectivity index (χ0v) is 19.2. The summed E-state index contributed by atoms with van der Waals surface area (Å²) >= 11 is 7.34. The van der Waals surface area contributed by atoms with Gasteiger partial charge < -0.3 is 9.30 Å². The van der Waals surface area contributed by atoms with E-state index in [4.69, 9.17) is 16.3 Å². The van der Waals surface area contributed by atoms with E-state index in [1.54, 1.807) is 48.5 Å². The molecule has 4 rings (SSSR count). The van der Waals surface area contributed by atoms with E-state index in [1.165, 1.54) is 12.0 Å². The smallest absolute Gasteiger partial charge is 0.337 e. The lowest BCUT2D eigenvalue weighted by Crippen LogP contribution is -2.27. The van der Waals surface area contributed by atoms with Gasteiger partial charge in [0.15, 0.2) is 0 Å². The molecule has 6 nitrogen and oxygen atoms in total. The van der Waals surface area contributed by atoms with Gasteiger partial charge in [-0.2, -0.15) is 0 Å². The number of thioether (sulfide) groups is 1. The number of aromatic nitrogens is 1. The number of aryl methyl sites for hydroxylation is 1. The Morgan fingerprint density at radius 3 is 2.47 bits per heavy atom. The van der Waals surface area contributed by atoms with E-state index in [2.05, 4.69) is 0 Å². The van der Waals surface area contributed by atoms with Crippen molar-refractivity contribution >= 4 is 52.2 Å². The zero-order chi connectivity index (χ0) is 23.0. The highest BCUT2D eigenvalue weighted by Crippen LogP contribution is 2.37. The van der Waals surface area contributed by atoms with Crippen molar-refractivity contribution in [3.8, 4) is 5.69 Å². The molecule has 1 aliphatic heterocycles. The van der Waals surface area contributed by atoms with Crippen molar-refractivity contribution in [1.82, 2.24) is 4.57 Å². The van der Waals surface area contributed by atoms with Crippen LogP contribution in [-0.4, -0.2) is 28.8 Å². The van der Waals surface area contributed by atoms with Gasteiger partial charge in [0, 0.05) is 11.4 Å². The van der Waals surface area contributed by atoms with Gasteiger partial charge in [-0.15, -0.1) is 0 Å². The van der Waals surface area contributed by atoms with E-state index in [-0.39, 0.29) is 11.1 Å². The summed E-state index contributed by atoms with van der Waals surface area (Å²) in [5.41, 5.74) is 4.00. The number of amides is 2. The van der Waals surface area contributed by atoms with Crippen molar-refractivity contribution in [3.05, 3.63) is 87.0 Å². The number of para-hydroxylation sites is 1. The summed E-state index contributed by atoms with van der Waals surface area (Å²) in [4.78, 5) is 38.9. The number of rotatable bonds is 4. The standard InChI is InChI=1S/C24H19ClN2O4S/c1-14-11-17(13-21-22(28)27(24(30)32-21)18-7-5-4-6-8-18)15(2)26(14)20-12-16(23(29)31-3)9-10-19(20)25/h4-13H,1-3H3/b21-13-. The lowest BCUT2D eigenvalue weighted by molar-refractivity contribution is -0.113. The van der Waals surface area contributed by atoms with Gasteiger partial charge in [0.05, 0.1) is 34.0 Å². The van der Waals surface area contributed by atoms with Crippen LogP contribution >= 0.6 is 23.4 Å². The Morgan fingerprint density at radius 2 is 1.78 bits per heavy atom. The Labute approximate surface area is 194 Å². The van der Waals surface area contributed by atoms with Gasteiger partial charge in [0.25, 0.3) is 11.1 Å². The number of ether oxygens (including phenoxy) is 1. The molecule has 0 unspecified atom stereocenters. The summed E-state index contributed by atoms with van der Waals surface area (Å²) in [7, 11) is 1.32. The monoisotopic (exact) mass is 466 g/mol. The molecular formula is C24H19ClN2O4S. The SMILES string of the molecule is COC(=O)c1ccc(Cl)c(-n2c(C)cc(/C=C3\SC(=O)N(c4ccccc4)C3=O)c2C)c1. The number of esters is 1. The van der Waals surface area contributed by atoms with Crippen molar-refractivity contribution < 1.29 is 19.1 Å². The molecule has 2 aromatic carbocycles. The maximum absolute atomic E-state index is 12.9. The molecule has 0 spiro atoms. The van der Waals surface area contributed by atoms with Gasteiger partial charge in [0.2, 0.25) is 0 Å². The molecule has 2 amide bonds. The molecule has 162 valence electrons. The molecule has 1 saturated heterocycles. The number of anilines is 1. The van der Waals surface area contributed by atoms with Crippen LogP contribution in [0.4, 0.5) is 10.5 Å². The second-order valence-corrected chi connectivity index (χ2v) is 8.57. The Bertz CT molecular complexity index is 1280. The number of carbonyl (C=O) groups is 3. The first-order valence-electron chi connectivity index (χ1n) is 9.72. The number of nitrogens with zero attached hydrogens (tertiary/aromatic N) is 2. The maximum atomic E-state index is 12.9. The van der Waals surface area contributed by atoms with Gasteiger partial charge in [-0.05, 0) is 73.6 Å². The maximum Gasteiger partial charge on any atom is 0.337 e. The first-order chi connectivity index (χ1) is 15.3. The van der Waals surface area contributed by atoms with E-state index in [9.17, 15) is 14.4 Å². The molecule has 32 heavy (non-hydrogen) atoms. The summed E-state index contributed by atoms with van der Waals surface area (Å²) in [5.74, 6) is -0.818. The highest BCUT2D eigenvalue weighted by Gasteiger charge is 2.36. The van der Waals surface area contributed by atoms with Crippen molar-refractivity contribution in [2.75, 3.05) is 12.0 Å². The summed E-state index contributed by atoms with van der Waals surface area (Å²) in [5, 5.41) is 0.130. The first kappa shape index (κ1) is 21.9. The normalized spacial score (nSPS) is 15.0. The Morgan fingerprint density at radius 1 is 1.06 bits per heavy atom. The van der Waals surface area contributed by atoms with Gasteiger partial charge in [0.1, 0.15) is 0 Å². The molecular weight excluding hydrogens is 448 g/mol. The fourth-order valence-electron chi connectivity index (χ4n) is 3.64. The zero-order valence-electron chi connectivity index (χ0n) is 17.6. The van der Waals surface area contributed by atoms with Gasteiger partial charge >= 0.3 is 5.97 Å². The number of methoxy groups -OCH3 is 1. The number of halogens is 1. The fraction of sp³-hybridized carbons (Fsp3) is 0.125. The Hall–Kier alpha value is -3.29. The van der Waals surface area contributed by atoms with Crippen LogP contribution in [0, 0.1) is 13.8 Å². The predicted molar refractivity (Wildman–Crippen MR) is 126 cm³/mol. The molecule has 8 heteroatoms. The van der Waals surface area contributed by atoms with Crippen LogP contribution in [0.1, 0.15) is 27.3 Å². The van der Waals surface area contributed by atoms with Crippen LogP contribution < -0.4 is 4.90 Å². The minimum absolute atomic E-state index is 0.338.